The molecule has 0 saturated carbocycles. The number of alkyl halides is 3. The molecule has 7 nitrogen and oxygen atoms in total. The second-order valence-electron chi connectivity index (χ2n) is 4.62. The molecule has 0 radical (unpaired) electrons. The van der Waals surface area contributed by atoms with Crippen LogP contribution in [-0.4, -0.2) is 29.1 Å². The topological polar surface area (TPSA) is 94.3 Å². The van der Waals surface area contributed by atoms with E-state index in [-0.39, 0.29) is 18.7 Å². The third-order valence-corrected chi connectivity index (χ3v) is 2.88. The molecule has 1 aromatic carbocycles. The maximum absolute atomic E-state index is 12.4. The molecule has 0 aliphatic rings. The van der Waals surface area contributed by atoms with Crippen LogP contribution in [0, 0.1) is 0 Å². The highest BCUT2D eigenvalue weighted by molar-refractivity contribution is 5.92. The van der Waals surface area contributed by atoms with Gasteiger partial charge in [-0.15, -0.1) is 0 Å². The second-order valence-corrected chi connectivity index (χ2v) is 4.62. The van der Waals surface area contributed by atoms with Crippen LogP contribution >= 0.6 is 0 Å². The Bertz CT molecular complexity index is 726. The summed E-state index contributed by atoms with van der Waals surface area (Å²) in [5, 5.41) is 5.80. The molecule has 10 heteroatoms. The average Bonchev–Trinajstić information content (AvgIpc) is 3.03. The number of carbonyl (C=O) groups excluding carboxylic acids is 2. The van der Waals surface area contributed by atoms with Gasteiger partial charge in [-0.05, 0) is 24.3 Å². The largest absolute Gasteiger partial charge is 0.471 e. The van der Waals surface area contributed by atoms with Crippen molar-refractivity contribution in [2.75, 3.05) is 12.4 Å². The number of benzene rings is 1. The number of nitrogens with zero attached hydrogens (tertiary/aromatic N) is 2. The van der Waals surface area contributed by atoms with E-state index in [2.05, 4.69) is 24.7 Å². The Morgan fingerprint density at radius 1 is 1.21 bits per heavy atom. The summed E-state index contributed by atoms with van der Waals surface area (Å²) in [6.07, 6.45) is -4.81. The van der Waals surface area contributed by atoms with Crippen molar-refractivity contribution in [3.63, 3.8) is 0 Å². The molecule has 1 N–H and O–H groups in total. The zero-order chi connectivity index (χ0) is 17.7. The minimum atomic E-state index is -4.71. The lowest BCUT2D eigenvalue weighted by Gasteiger charge is -2.05. The summed E-state index contributed by atoms with van der Waals surface area (Å²) in [4.78, 5) is 25.8. The fourth-order valence-electron chi connectivity index (χ4n) is 1.70. The van der Waals surface area contributed by atoms with E-state index in [1.54, 1.807) is 0 Å². The van der Waals surface area contributed by atoms with Crippen molar-refractivity contribution in [1.82, 2.24) is 10.1 Å². The highest BCUT2D eigenvalue weighted by atomic mass is 19.4. The molecule has 0 aliphatic carbocycles. The van der Waals surface area contributed by atoms with Gasteiger partial charge in [-0.3, -0.25) is 9.59 Å². The average molecular weight is 343 g/mol. The van der Waals surface area contributed by atoms with Gasteiger partial charge in [0.05, 0.1) is 13.5 Å². The van der Waals surface area contributed by atoms with Crippen LogP contribution in [0.25, 0.3) is 11.4 Å². The summed E-state index contributed by atoms with van der Waals surface area (Å²) in [5.41, 5.74) is 0.704. The standard InChI is InChI=1S/C14H12F3N3O4/c1-23-11(22)7-6-10(21)18-9-4-2-8(3-5-9)12-19-13(24-20-12)14(15,16)17/h2-5H,6-7H2,1H3,(H,18,21). The number of aromatic nitrogens is 2. The molecule has 2 aromatic rings. The number of methoxy groups -OCH3 is 1. The molecule has 0 saturated heterocycles. The highest BCUT2D eigenvalue weighted by Crippen LogP contribution is 2.29. The Morgan fingerprint density at radius 3 is 2.42 bits per heavy atom. The lowest BCUT2D eigenvalue weighted by Crippen LogP contribution is -2.13. The van der Waals surface area contributed by atoms with Crippen molar-refractivity contribution >= 4 is 17.6 Å². The third kappa shape index (κ3) is 4.54. The summed E-state index contributed by atoms with van der Waals surface area (Å²) >= 11 is 0. The third-order valence-electron chi connectivity index (χ3n) is 2.88. The van der Waals surface area contributed by atoms with Crippen molar-refractivity contribution in [3.05, 3.63) is 30.2 Å². The first kappa shape index (κ1) is 17.4. The summed E-state index contributed by atoms with van der Waals surface area (Å²) in [6.45, 7) is 0. The highest BCUT2D eigenvalue weighted by Gasteiger charge is 2.38. The maximum atomic E-state index is 12.4. The number of anilines is 1. The van der Waals surface area contributed by atoms with Crippen LogP contribution in [0.15, 0.2) is 28.8 Å². The van der Waals surface area contributed by atoms with E-state index in [1.165, 1.54) is 31.4 Å². The predicted molar refractivity (Wildman–Crippen MR) is 74.6 cm³/mol. The van der Waals surface area contributed by atoms with Crippen LogP contribution in [-0.2, 0) is 20.5 Å². The second kappa shape index (κ2) is 7.11. The summed E-state index contributed by atoms with van der Waals surface area (Å²) < 4.78 is 45.8. The predicted octanol–water partition coefficient (Wildman–Crippen LogP) is 2.65. The molecule has 128 valence electrons. The lowest BCUT2D eigenvalue weighted by molar-refractivity contribution is -0.159. The van der Waals surface area contributed by atoms with Gasteiger partial charge in [0.1, 0.15) is 0 Å². The van der Waals surface area contributed by atoms with Gasteiger partial charge < -0.3 is 14.6 Å². The maximum Gasteiger partial charge on any atom is 0.471 e. The SMILES string of the molecule is COC(=O)CCC(=O)Nc1ccc(-c2noc(C(F)(F)F)n2)cc1. The molecule has 24 heavy (non-hydrogen) atoms. The molecular formula is C14H12F3N3O4. The van der Waals surface area contributed by atoms with Crippen LogP contribution in [0.3, 0.4) is 0 Å². The Morgan fingerprint density at radius 2 is 1.88 bits per heavy atom. The molecule has 2 rings (SSSR count). The first-order chi connectivity index (χ1) is 11.3. The van der Waals surface area contributed by atoms with Gasteiger partial charge >= 0.3 is 18.0 Å². The fourth-order valence-corrected chi connectivity index (χ4v) is 1.70. The van der Waals surface area contributed by atoms with E-state index in [0.29, 0.717) is 11.3 Å². The molecule has 0 bridgehead atoms. The molecule has 0 aliphatic heterocycles. The Hall–Kier alpha value is -2.91. The molecule has 0 spiro atoms. The van der Waals surface area contributed by atoms with E-state index in [9.17, 15) is 22.8 Å². The van der Waals surface area contributed by atoms with Crippen molar-refractivity contribution in [2.45, 2.75) is 19.0 Å². The molecule has 0 atom stereocenters. The smallest absolute Gasteiger partial charge is 0.469 e. The van der Waals surface area contributed by atoms with Crippen molar-refractivity contribution in [3.8, 4) is 11.4 Å². The molecule has 0 fully saturated rings. The van der Waals surface area contributed by atoms with Gasteiger partial charge in [0.2, 0.25) is 11.7 Å². The Labute approximate surface area is 133 Å². The number of hydrogen-bond acceptors (Lipinski definition) is 6. The molecule has 0 unspecified atom stereocenters. The van der Waals surface area contributed by atoms with Crippen LogP contribution in [0.1, 0.15) is 18.7 Å². The van der Waals surface area contributed by atoms with Crippen molar-refractivity contribution in [2.24, 2.45) is 0 Å². The monoisotopic (exact) mass is 343 g/mol. The number of carbonyl (C=O) groups is 2. The lowest BCUT2D eigenvalue weighted by atomic mass is 10.2. The zero-order valence-electron chi connectivity index (χ0n) is 12.4. The van der Waals surface area contributed by atoms with Crippen molar-refractivity contribution < 1.29 is 32.0 Å². The summed E-state index contributed by atoms with van der Waals surface area (Å²) in [7, 11) is 1.22. The van der Waals surface area contributed by atoms with E-state index >= 15 is 0 Å². The van der Waals surface area contributed by atoms with Crippen LogP contribution in [0.4, 0.5) is 18.9 Å². The molecule has 1 heterocycles. The van der Waals surface area contributed by atoms with Crippen LogP contribution in [0.2, 0.25) is 0 Å². The molecule has 1 amide bonds. The van der Waals surface area contributed by atoms with Gasteiger partial charge in [0, 0.05) is 17.7 Å². The normalized spacial score (nSPS) is 11.2. The van der Waals surface area contributed by atoms with E-state index in [4.69, 9.17) is 0 Å². The number of ether oxygens (including phenoxy) is 1. The molecular weight excluding hydrogens is 331 g/mol. The zero-order valence-corrected chi connectivity index (χ0v) is 12.4. The van der Waals surface area contributed by atoms with Gasteiger partial charge in [0.25, 0.3) is 0 Å². The van der Waals surface area contributed by atoms with Crippen LogP contribution in [0.5, 0.6) is 0 Å². The van der Waals surface area contributed by atoms with Crippen molar-refractivity contribution in [1.29, 1.82) is 0 Å². The van der Waals surface area contributed by atoms with E-state index in [0.717, 1.165) is 0 Å². The Balaban J connectivity index is 1.99. The van der Waals surface area contributed by atoms with Gasteiger partial charge in [0.15, 0.2) is 0 Å². The minimum Gasteiger partial charge on any atom is -0.469 e. The van der Waals surface area contributed by atoms with E-state index in [1.807, 2.05) is 0 Å². The van der Waals surface area contributed by atoms with Gasteiger partial charge in [-0.2, -0.15) is 18.2 Å². The minimum absolute atomic E-state index is 0.0474. The fraction of sp³-hybridized carbons (Fsp3) is 0.286. The number of amides is 1. The first-order valence-corrected chi connectivity index (χ1v) is 6.67. The summed E-state index contributed by atoms with van der Waals surface area (Å²) in [5.74, 6) is -2.55. The number of rotatable bonds is 5. The van der Waals surface area contributed by atoms with E-state index < -0.39 is 23.9 Å². The van der Waals surface area contributed by atoms with Crippen LogP contribution < -0.4 is 5.32 Å². The number of halogens is 3. The Kier molecular flexibility index (Phi) is 5.17. The van der Waals surface area contributed by atoms with Gasteiger partial charge in [-0.1, -0.05) is 5.16 Å². The number of hydrogen-bond donors (Lipinski definition) is 1. The number of esters is 1. The quantitative estimate of drug-likeness (QED) is 0.839. The molecule has 1 aromatic heterocycles. The van der Waals surface area contributed by atoms with Gasteiger partial charge in [-0.25, -0.2) is 0 Å². The number of nitrogens with one attached hydrogen (secondary N) is 1. The first-order valence-electron chi connectivity index (χ1n) is 6.67. The summed E-state index contributed by atoms with van der Waals surface area (Å²) in [6, 6.07) is 5.80.